The van der Waals surface area contributed by atoms with Crippen molar-refractivity contribution in [1.29, 1.82) is 0 Å². The summed E-state index contributed by atoms with van der Waals surface area (Å²) in [5.41, 5.74) is 6.58. The summed E-state index contributed by atoms with van der Waals surface area (Å²) < 4.78 is 2.99. The molecule has 1 N–H and O–H groups in total. The van der Waals surface area contributed by atoms with Crippen LogP contribution >= 0.6 is 27.7 Å². The van der Waals surface area contributed by atoms with Crippen molar-refractivity contribution in [2.24, 2.45) is 0 Å². The van der Waals surface area contributed by atoms with Crippen LogP contribution in [-0.2, 0) is 0 Å². The molecule has 1 aliphatic rings. The van der Waals surface area contributed by atoms with Gasteiger partial charge in [-0.3, -0.25) is 5.43 Å². The van der Waals surface area contributed by atoms with Gasteiger partial charge in [-0.25, -0.2) is 4.68 Å². The molecular formula is C16H11BrN4S. The molecule has 0 fully saturated rings. The summed E-state index contributed by atoms with van der Waals surface area (Å²) >= 11 is 5.03. The molecule has 0 aliphatic carbocycles. The molecule has 0 amide bonds. The predicted octanol–water partition coefficient (Wildman–Crippen LogP) is 4.36. The quantitative estimate of drug-likeness (QED) is 0.727. The van der Waals surface area contributed by atoms with E-state index in [0.29, 0.717) is 0 Å². The zero-order chi connectivity index (χ0) is 14.9. The van der Waals surface area contributed by atoms with E-state index in [1.54, 1.807) is 11.8 Å². The minimum atomic E-state index is 0.811. The van der Waals surface area contributed by atoms with Crippen LogP contribution in [0.1, 0.15) is 5.56 Å². The molecular weight excluding hydrogens is 360 g/mol. The minimum absolute atomic E-state index is 0.811. The van der Waals surface area contributed by atoms with E-state index in [0.717, 1.165) is 32.3 Å². The summed E-state index contributed by atoms with van der Waals surface area (Å²) in [5, 5.41) is 11.4. The molecule has 3 aromatic rings. The average Bonchev–Trinajstić information content (AvgIpc) is 2.99. The maximum Gasteiger partial charge on any atom is 0.214 e. The Morgan fingerprint density at radius 3 is 2.45 bits per heavy atom. The lowest BCUT2D eigenvalue weighted by atomic mass is 10.2. The summed E-state index contributed by atoms with van der Waals surface area (Å²) in [5.74, 6) is 0.811. The smallest absolute Gasteiger partial charge is 0.214 e. The van der Waals surface area contributed by atoms with Crippen molar-refractivity contribution in [2.45, 2.75) is 5.16 Å². The Labute approximate surface area is 140 Å². The van der Waals surface area contributed by atoms with E-state index in [2.05, 4.69) is 49.1 Å². The van der Waals surface area contributed by atoms with E-state index in [1.165, 1.54) is 0 Å². The Balaban J connectivity index is 1.70. The number of aromatic nitrogens is 3. The highest BCUT2D eigenvalue weighted by Crippen LogP contribution is 2.31. The maximum absolute atomic E-state index is 4.30. The van der Waals surface area contributed by atoms with Crippen molar-refractivity contribution in [3.8, 4) is 11.4 Å². The minimum Gasteiger partial charge on any atom is -0.289 e. The van der Waals surface area contributed by atoms with Crippen molar-refractivity contribution in [3.05, 3.63) is 70.0 Å². The van der Waals surface area contributed by atoms with Gasteiger partial charge < -0.3 is 0 Å². The molecule has 0 saturated carbocycles. The summed E-state index contributed by atoms with van der Waals surface area (Å²) in [4.78, 5) is 0. The van der Waals surface area contributed by atoms with Crippen LogP contribution < -0.4 is 5.43 Å². The fourth-order valence-electron chi connectivity index (χ4n) is 2.24. The first kappa shape index (κ1) is 13.6. The highest BCUT2D eigenvalue weighted by molar-refractivity contribution is 9.10. The SMILES string of the molecule is Brc1ccc(C2=CSc3nnc(-c4ccccc4)n3N2)cc1. The average molecular weight is 371 g/mol. The highest BCUT2D eigenvalue weighted by Gasteiger charge is 2.19. The number of nitrogens with zero attached hydrogens (tertiary/aromatic N) is 3. The van der Waals surface area contributed by atoms with E-state index >= 15 is 0 Å². The van der Waals surface area contributed by atoms with Crippen molar-refractivity contribution >= 4 is 33.4 Å². The van der Waals surface area contributed by atoms with Crippen molar-refractivity contribution in [2.75, 3.05) is 5.43 Å². The third kappa shape index (κ3) is 2.44. The molecule has 0 saturated heterocycles. The van der Waals surface area contributed by atoms with Gasteiger partial charge in [0.25, 0.3) is 0 Å². The molecule has 0 spiro atoms. The third-order valence-electron chi connectivity index (χ3n) is 3.34. The van der Waals surface area contributed by atoms with Gasteiger partial charge >= 0.3 is 0 Å². The van der Waals surface area contributed by atoms with Gasteiger partial charge in [-0.2, -0.15) is 0 Å². The number of thioether (sulfide) groups is 1. The van der Waals surface area contributed by atoms with Crippen LogP contribution in [0.25, 0.3) is 17.1 Å². The topological polar surface area (TPSA) is 42.7 Å². The largest absolute Gasteiger partial charge is 0.289 e. The third-order valence-corrected chi connectivity index (χ3v) is 4.69. The Bertz CT molecular complexity index is 840. The van der Waals surface area contributed by atoms with Crippen LogP contribution in [0.2, 0.25) is 0 Å². The van der Waals surface area contributed by atoms with E-state index in [-0.39, 0.29) is 0 Å². The van der Waals surface area contributed by atoms with Gasteiger partial charge in [-0.05, 0) is 12.1 Å². The zero-order valence-electron chi connectivity index (χ0n) is 11.4. The first-order chi connectivity index (χ1) is 10.8. The molecule has 0 radical (unpaired) electrons. The number of rotatable bonds is 2. The molecule has 2 heterocycles. The number of nitrogens with one attached hydrogen (secondary N) is 1. The van der Waals surface area contributed by atoms with Crippen molar-refractivity contribution < 1.29 is 0 Å². The molecule has 0 unspecified atom stereocenters. The molecule has 6 heteroatoms. The molecule has 0 atom stereocenters. The van der Waals surface area contributed by atoms with Gasteiger partial charge in [0, 0.05) is 21.0 Å². The molecule has 4 rings (SSSR count). The first-order valence-electron chi connectivity index (χ1n) is 6.72. The van der Waals surface area contributed by atoms with Crippen molar-refractivity contribution in [1.82, 2.24) is 14.9 Å². The summed E-state index contributed by atoms with van der Waals surface area (Å²) in [7, 11) is 0. The van der Waals surface area contributed by atoms with E-state index in [1.807, 2.05) is 47.1 Å². The molecule has 1 aliphatic heterocycles. The Hall–Kier alpha value is -2.05. The number of hydrogen-bond acceptors (Lipinski definition) is 4. The van der Waals surface area contributed by atoms with Gasteiger partial charge in [-0.1, -0.05) is 70.2 Å². The van der Waals surface area contributed by atoms with E-state index in [4.69, 9.17) is 0 Å². The second kappa shape index (κ2) is 5.62. The first-order valence-corrected chi connectivity index (χ1v) is 8.39. The summed E-state index contributed by atoms with van der Waals surface area (Å²) in [6.45, 7) is 0. The van der Waals surface area contributed by atoms with Crippen LogP contribution in [0.3, 0.4) is 0 Å². The van der Waals surface area contributed by atoms with Crippen LogP contribution in [0, 0.1) is 0 Å². The molecule has 4 nitrogen and oxygen atoms in total. The maximum atomic E-state index is 4.30. The lowest BCUT2D eigenvalue weighted by Gasteiger charge is -2.19. The van der Waals surface area contributed by atoms with E-state index < -0.39 is 0 Å². The summed E-state index contributed by atoms with van der Waals surface area (Å²) in [6, 6.07) is 18.2. The predicted molar refractivity (Wildman–Crippen MR) is 92.8 cm³/mol. The second-order valence-corrected chi connectivity index (χ2v) is 6.53. The van der Waals surface area contributed by atoms with Crippen LogP contribution in [0.15, 0.2) is 69.6 Å². The fraction of sp³-hybridized carbons (Fsp3) is 0. The van der Waals surface area contributed by atoms with Gasteiger partial charge in [-0.15, -0.1) is 10.2 Å². The second-order valence-electron chi connectivity index (χ2n) is 4.78. The van der Waals surface area contributed by atoms with Gasteiger partial charge in [0.15, 0.2) is 5.82 Å². The Kier molecular flexibility index (Phi) is 3.48. The van der Waals surface area contributed by atoms with E-state index in [9.17, 15) is 0 Å². The Morgan fingerprint density at radius 2 is 1.68 bits per heavy atom. The Morgan fingerprint density at radius 1 is 0.909 bits per heavy atom. The van der Waals surface area contributed by atoms with Crippen LogP contribution in [-0.4, -0.2) is 14.9 Å². The monoisotopic (exact) mass is 370 g/mol. The standard InChI is InChI=1S/C16H11BrN4S/c17-13-8-6-11(7-9-13)14-10-22-16-19-18-15(21(16)20-14)12-4-2-1-3-5-12/h1-10,20H. The molecule has 1 aromatic heterocycles. The molecule has 22 heavy (non-hydrogen) atoms. The number of halogens is 1. The highest BCUT2D eigenvalue weighted by atomic mass is 79.9. The lowest BCUT2D eigenvalue weighted by molar-refractivity contribution is 0.826. The van der Waals surface area contributed by atoms with Gasteiger partial charge in [0.2, 0.25) is 5.16 Å². The number of fused-ring (bicyclic) bond motifs is 1. The van der Waals surface area contributed by atoms with Crippen molar-refractivity contribution in [3.63, 3.8) is 0 Å². The zero-order valence-corrected chi connectivity index (χ0v) is 13.8. The molecule has 2 aromatic carbocycles. The fourth-order valence-corrected chi connectivity index (χ4v) is 3.24. The lowest BCUT2D eigenvalue weighted by Crippen LogP contribution is -2.18. The normalized spacial score (nSPS) is 13.2. The van der Waals surface area contributed by atoms with Gasteiger partial charge in [0.1, 0.15) is 0 Å². The number of hydrogen-bond donors (Lipinski definition) is 1. The summed E-state index contributed by atoms with van der Waals surface area (Å²) in [6.07, 6.45) is 0. The number of benzene rings is 2. The van der Waals surface area contributed by atoms with Crippen LogP contribution in [0.5, 0.6) is 0 Å². The molecule has 108 valence electrons. The van der Waals surface area contributed by atoms with Gasteiger partial charge in [0.05, 0.1) is 5.70 Å². The molecule has 0 bridgehead atoms. The van der Waals surface area contributed by atoms with Crippen LogP contribution in [0.4, 0.5) is 0 Å².